The van der Waals surface area contributed by atoms with E-state index in [0.717, 1.165) is 4.90 Å². The number of ketones is 1. The van der Waals surface area contributed by atoms with Gasteiger partial charge in [0.15, 0.2) is 6.10 Å². The topological polar surface area (TPSA) is 93.6 Å². The molecule has 8 heteroatoms. The highest BCUT2D eigenvalue weighted by atomic mass is 35.5. The molecule has 2 amide bonds. The molecule has 41 heavy (non-hydrogen) atoms. The summed E-state index contributed by atoms with van der Waals surface area (Å²) in [5, 5.41) is 1.05. The number of aromatic nitrogens is 1. The summed E-state index contributed by atoms with van der Waals surface area (Å²) in [5.41, 5.74) is 2.66. The maximum atomic E-state index is 13.6. The molecule has 1 aliphatic heterocycles. The molecule has 6 rings (SSSR count). The first-order valence-electron chi connectivity index (χ1n) is 12.8. The van der Waals surface area contributed by atoms with E-state index in [1.54, 1.807) is 91.9 Å². The Bertz CT molecular complexity index is 1870. The molecular formula is C33H21ClN2O5. The fraction of sp³-hybridized carbons (Fsp3) is 0.0606. The molecule has 0 N–H and O–H groups in total. The number of anilines is 1. The number of hydrogen-bond acceptors (Lipinski definition) is 6. The van der Waals surface area contributed by atoms with Crippen molar-refractivity contribution < 1.29 is 23.9 Å². The molecule has 0 radical (unpaired) electrons. The van der Waals surface area contributed by atoms with Crippen LogP contribution in [0.4, 0.5) is 5.69 Å². The molecule has 1 atom stereocenters. The van der Waals surface area contributed by atoms with Crippen LogP contribution >= 0.6 is 11.6 Å². The predicted octanol–water partition coefficient (Wildman–Crippen LogP) is 6.78. The maximum absolute atomic E-state index is 13.6. The number of ether oxygens (including phenoxy) is 1. The number of para-hydroxylation sites is 1. The van der Waals surface area contributed by atoms with Crippen molar-refractivity contribution >= 4 is 51.8 Å². The number of carbonyl (C=O) groups excluding carboxylic acids is 4. The third-order valence-electron chi connectivity index (χ3n) is 6.94. The number of imide groups is 1. The van der Waals surface area contributed by atoms with Crippen LogP contribution in [0.3, 0.4) is 0 Å². The molecule has 0 spiro atoms. The van der Waals surface area contributed by atoms with Gasteiger partial charge in [-0.15, -0.1) is 0 Å². The third kappa shape index (κ3) is 4.66. The number of Topliss-reactive ketones (excluding diaryl/α,β-unsaturated/α-hetero) is 1. The van der Waals surface area contributed by atoms with Crippen LogP contribution in [-0.4, -0.2) is 28.6 Å². The fourth-order valence-electron chi connectivity index (χ4n) is 4.98. The Morgan fingerprint density at radius 2 is 1.44 bits per heavy atom. The molecule has 0 bridgehead atoms. The van der Waals surface area contributed by atoms with Crippen molar-refractivity contribution in [2.75, 3.05) is 4.90 Å². The van der Waals surface area contributed by atoms with E-state index < -0.39 is 29.7 Å². The third-order valence-corrected chi connectivity index (χ3v) is 7.19. The summed E-state index contributed by atoms with van der Waals surface area (Å²) in [5.74, 6) is -2.23. The first-order valence-corrected chi connectivity index (χ1v) is 13.1. The second kappa shape index (κ2) is 10.4. The molecule has 0 fully saturated rings. The Kier molecular flexibility index (Phi) is 6.65. The van der Waals surface area contributed by atoms with Gasteiger partial charge in [-0.1, -0.05) is 78.3 Å². The number of amides is 2. The van der Waals surface area contributed by atoms with Crippen molar-refractivity contribution in [1.82, 2.24) is 4.98 Å². The Labute approximate surface area is 240 Å². The van der Waals surface area contributed by atoms with E-state index in [1.807, 2.05) is 6.07 Å². The number of esters is 1. The van der Waals surface area contributed by atoms with Gasteiger partial charge >= 0.3 is 5.97 Å². The Morgan fingerprint density at radius 3 is 2.20 bits per heavy atom. The van der Waals surface area contributed by atoms with Crippen LogP contribution in [-0.2, 0) is 4.74 Å². The zero-order valence-corrected chi connectivity index (χ0v) is 22.5. The maximum Gasteiger partial charge on any atom is 0.339 e. The van der Waals surface area contributed by atoms with Gasteiger partial charge < -0.3 is 4.74 Å². The summed E-state index contributed by atoms with van der Waals surface area (Å²) in [6.45, 7) is 1.69. The zero-order valence-electron chi connectivity index (χ0n) is 21.7. The van der Waals surface area contributed by atoms with Crippen molar-refractivity contribution in [2.24, 2.45) is 0 Å². The summed E-state index contributed by atoms with van der Waals surface area (Å²) in [4.78, 5) is 59.4. The van der Waals surface area contributed by atoms with Crippen molar-refractivity contribution in [3.05, 3.63) is 142 Å². The molecule has 5 aromatic rings. The van der Waals surface area contributed by atoms with Crippen molar-refractivity contribution in [3.8, 4) is 0 Å². The lowest BCUT2D eigenvalue weighted by molar-refractivity contribution is 0.0280. The van der Waals surface area contributed by atoms with Crippen LogP contribution in [0.2, 0.25) is 5.02 Å². The van der Waals surface area contributed by atoms with E-state index in [2.05, 4.69) is 4.98 Å². The Morgan fingerprint density at radius 1 is 0.780 bits per heavy atom. The van der Waals surface area contributed by atoms with Crippen molar-refractivity contribution in [2.45, 2.75) is 13.0 Å². The highest BCUT2D eigenvalue weighted by Gasteiger charge is 2.40. The van der Waals surface area contributed by atoms with Crippen LogP contribution in [0.15, 0.2) is 103 Å². The number of rotatable bonds is 6. The molecule has 0 saturated carbocycles. The smallest absolute Gasteiger partial charge is 0.339 e. The van der Waals surface area contributed by atoms with Gasteiger partial charge in [-0.05, 0) is 43.3 Å². The molecule has 4 aromatic carbocycles. The summed E-state index contributed by atoms with van der Waals surface area (Å²) >= 11 is 6.04. The normalized spacial score (nSPS) is 13.3. The van der Waals surface area contributed by atoms with Gasteiger partial charge in [-0.2, -0.15) is 0 Å². The number of pyridine rings is 1. The number of aryl methyl sites for hydroxylation is 1. The molecule has 200 valence electrons. The van der Waals surface area contributed by atoms with Gasteiger partial charge in [0.25, 0.3) is 11.8 Å². The average molecular weight is 561 g/mol. The van der Waals surface area contributed by atoms with Crippen LogP contribution < -0.4 is 4.90 Å². The largest absolute Gasteiger partial charge is 0.445 e. The minimum atomic E-state index is -1.25. The van der Waals surface area contributed by atoms with E-state index in [4.69, 9.17) is 16.3 Å². The Hall–Kier alpha value is -5.14. The van der Waals surface area contributed by atoms with Crippen LogP contribution in [0.5, 0.6) is 0 Å². The molecule has 0 unspecified atom stereocenters. The first kappa shape index (κ1) is 26.1. The molecule has 1 aromatic heterocycles. The minimum Gasteiger partial charge on any atom is -0.445 e. The van der Waals surface area contributed by atoms with Gasteiger partial charge in [-0.25, -0.2) is 9.69 Å². The minimum absolute atomic E-state index is 0.0681. The van der Waals surface area contributed by atoms with E-state index in [-0.39, 0.29) is 22.4 Å². The van der Waals surface area contributed by atoms with Gasteiger partial charge in [0.2, 0.25) is 5.78 Å². The van der Waals surface area contributed by atoms with E-state index >= 15 is 0 Å². The molecule has 0 saturated heterocycles. The molecule has 0 aliphatic carbocycles. The SMILES string of the molecule is Cc1nc2ccccc2c2c1C(=O)N(c1cccc(C(=O)O[C@@H](C(=O)c3ccccc3)c3ccc(Cl)cc3)c1)C2=O. The number of nitrogens with zero attached hydrogens (tertiary/aromatic N) is 2. The summed E-state index contributed by atoms with van der Waals surface area (Å²) in [6.07, 6.45) is -1.25. The van der Waals surface area contributed by atoms with Gasteiger partial charge in [0, 0.05) is 21.5 Å². The lowest BCUT2D eigenvalue weighted by Gasteiger charge is -2.19. The Balaban J connectivity index is 1.34. The highest BCUT2D eigenvalue weighted by molar-refractivity contribution is 6.38. The van der Waals surface area contributed by atoms with Gasteiger partial charge in [0.1, 0.15) is 0 Å². The first-order chi connectivity index (χ1) is 19.8. The lowest BCUT2D eigenvalue weighted by atomic mass is 9.99. The van der Waals surface area contributed by atoms with E-state index in [0.29, 0.717) is 32.7 Å². The molecular weight excluding hydrogens is 540 g/mol. The summed E-state index contributed by atoms with van der Waals surface area (Å²) < 4.78 is 5.76. The van der Waals surface area contributed by atoms with E-state index in [9.17, 15) is 19.2 Å². The van der Waals surface area contributed by atoms with Crippen LogP contribution in [0, 0.1) is 6.92 Å². The summed E-state index contributed by atoms with van der Waals surface area (Å²) in [7, 11) is 0. The standard InChI is InChI=1S/C33H21ClN2O5/c1-19-27-28(25-12-5-6-13-26(25)35-19)32(39)36(31(27)38)24-11-7-10-22(18-24)33(40)41-30(21-14-16-23(34)17-15-21)29(37)20-8-3-2-4-9-20/h2-18,30H,1H3/t30-/m1/s1. The monoisotopic (exact) mass is 560 g/mol. The van der Waals surface area contributed by atoms with Crippen molar-refractivity contribution in [3.63, 3.8) is 0 Å². The van der Waals surface area contributed by atoms with Crippen molar-refractivity contribution in [1.29, 1.82) is 0 Å². The predicted molar refractivity (Wildman–Crippen MR) is 154 cm³/mol. The van der Waals surface area contributed by atoms with Gasteiger partial charge in [0.05, 0.1) is 33.6 Å². The molecule has 1 aliphatic rings. The average Bonchev–Trinajstić information content (AvgIpc) is 3.27. The highest BCUT2D eigenvalue weighted by Crippen LogP contribution is 2.35. The number of carbonyl (C=O) groups is 4. The number of benzene rings is 4. The fourth-order valence-corrected chi connectivity index (χ4v) is 5.11. The zero-order chi connectivity index (χ0) is 28.7. The second-order valence-corrected chi connectivity index (χ2v) is 9.96. The quantitative estimate of drug-likeness (QED) is 0.129. The number of halogens is 1. The lowest BCUT2D eigenvalue weighted by Crippen LogP contribution is -2.29. The van der Waals surface area contributed by atoms with Crippen LogP contribution in [0.1, 0.15) is 58.8 Å². The van der Waals surface area contributed by atoms with Crippen LogP contribution in [0.25, 0.3) is 10.9 Å². The van der Waals surface area contributed by atoms with Gasteiger partial charge in [-0.3, -0.25) is 19.4 Å². The number of fused-ring (bicyclic) bond motifs is 3. The number of hydrogen-bond donors (Lipinski definition) is 0. The summed E-state index contributed by atoms with van der Waals surface area (Å²) in [6, 6.07) is 28.1. The molecule has 7 nitrogen and oxygen atoms in total. The van der Waals surface area contributed by atoms with E-state index in [1.165, 1.54) is 12.1 Å². The molecule has 2 heterocycles. The second-order valence-electron chi connectivity index (χ2n) is 9.53.